The number of carbonyl (C=O) groups excluding carboxylic acids is 1. The van der Waals surface area contributed by atoms with Crippen LogP contribution in [0.25, 0.3) is 0 Å². The van der Waals surface area contributed by atoms with E-state index in [1.165, 1.54) is 0 Å². The van der Waals surface area contributed by atoms with E-state index in [1.54, 1.807) is 0 Å². The molecule has 16 heavy (non-hydrogen) atoms. The fraction of sp³-hybridized carbons (Fsp3) is 0.917. The highest BCUT2D eigenvalue weighted by molar-refractivity contribution is 5.81. The highest BCUT2D eigenvalue weighted by atomic mass is 16.5. The van der Waals surface area contributed by atoms with E-state index >= 15 is 0 Å². The van der Waals surface area contributed by atoms with Crippen molar-refractivity contribution >= 4 is 5.91 Å². The molecule has 0 fully saturated rings. The zero-order chi connectivity index (χ0) is 12.2. The van der Waals surface area contributed by atoms with E-state index in [1.807, 2.05) is 13.8 Å². The lowest BCUT2D eigenvalue weighted by atomic mass is 10.3. The topological polar surface area (TPSA) is 50.4 Å². The summed E-state index contributed by atoms with van der Waals surface area (Å²) in [5.41, 5.74) is 0. The molecule has 0 aliphatic heterocycles. The van der Waals surface area contributed by atoms with Crippen LogP contribution in [0.1, 0.15) is 40.0 Å². The molecule has 96 valence electrons. The lowest BCUT2D eigenvalue weighted by Crippen LogP contribution is -2.42. The molecule has 0 rings (SSSR count). The van der Waals surface area contributed by atoms with E-state index in [0.29, 0.717) is 0 Å². The van der Waals surface area contributed by atoms with E-state index in [9.17, 15) is 4.79 Å². The molecule has 0 saturated carbocycles. The van der Waals surface area contributed by atoms with Gasteiger partial charge in [0.15, 0.2) is 0 Å². The summed E-state index contributed by atoms with van der Waals surface area (Å²) in [7, 11) is 0. The summed E-state index contributed by atoms with van der Waals surface area (Å²) < 4.78 is 5.21. The van der Waals surface area contributed by atoms with Gasteiger partial charge in [0.1, 0.15) is 0 Å². The Kier molecular flexibility index (Phi) is 10.5. The summed E-state index contributed by atoms with van der Waals surface area (Å²) >= 11 is 0. The summed E-state index contributed by atoms with van der Waals surface area (Å²) in [6.07, 6.45) is 3.10. The number of nitrogens with one attached hydrogen (secondary N) is 2. The molecule has 0 aromatic heterocycles. The van der Waals surface area contributed by atoms with Crippen LogP contribution in [0.15, 0.2) is 0 Å². The molecule has 4 heteroatoms. The van der Waals surface area contributed by atoms with Crippen LogP contribution in [0, 0.1) is 0 Å². The molecule has 1 atom stereocenters. The summed E-state index contributed by atoms with van der Waals surface area (Å²) in [4.78, 5) is 11.5. The van der Waals surface area contributed by atoms with Gasteiger partial charge in [0, 0.05) is 19.8 Å². The average molecular weight is 230 g/mol. The number of rotatable bonds is 10. The van der Waals surface area contributed by atoms with Crippen LogP contribution in [-0.4, -0.2) is 38.3 Å². The standard InChI is InChI=1S/C12H26N2O2/c1-4-6-8-14-12(15)11(3)13-9-7-10-16-5-2/h11,13H,4-10H2,1-3H3,(H,14,15). The summed E-state index contributed by atoms with van der Waals surface area (Å²) in [5.74, 6) is 0.0878. The first kappa shape index (κ1) is 15.4. The van der Waals surface area contributed by atoms with E-state index in [0.717, 1.165) is 45.6 Å². The first-order chi connectivity index (χ1) is 7.72. The quantitative estimate of drug-likeness (QED) is 0.556. The highest BCUT2D eigenvalue weighted by Gasteiger charge is 2.10. The van der Waals surface area contributed by atoms with Gasteiger partial charge in [-0.05, 0) is 33.2 Å². The third-order valence-electron chi connectivity index (χ3n) is 2.34. The Hall–Kier alpha value is -0.610. The highest BCUT2D eigenvalue weighted by Crippen LogP contribution is 1.87. The molecule has 0 aliphatic rings. The molecule has 0 aromatic carbocycles. The van der Waals surface area contributed by atoms with Crippen LogP contribution < -0.4 is 10.6 Å². The number of carbonyl (C=O) groups is 1. The molecule has 1 unspecified atom stereocenters. The number of hydrogen-bond donors (Lipinski definition) is 2. The van der Waals surface area contributed by atoms with Gasteiger partial charge in [-0.25, -0.2) is 0 Å². The van der Waals surface area contributed by atoms with Crippen LogP contribution in [0.3, 0.4) is 0 Å². The minimum absolute atomic E-state index is 0.0878. The molecular formula is C12H26N2O2. The third kappa shape index (κ3) is 8.68. The first-order valence-electron chi connectivity index (χ1n) is 6.31. The summed E-state index contributed by atoms with van der Waals surface area (Å²) in [6.45, 7) is 9.10. The summed E-state index contributed by atoms with van der Waals surface area (Å²) in [5, 5.41) is 6.08. The Morgan fingerprint density at radius 3 is 2.62 bits per heavy atom. The van der Waals surface area contributed by atoms with Gasteiger partial charge in [-0.3, -0.25) is 4.79 Å². The molecule has 0 spiro atoms. The van der Waals surface area contributed by atoms with Gasteiger partial charge >= 0.3 is 0 Å². The van der Waals surface area contributed by atoms with E-state index in [2.05, 4.69) is 17.6 Å². The van der Waals surface area contributed by atoms with Crippen molar-refractivity contribution in [1.82, 2.24) is 10.6 Å². The van der Waals surface area contributed by atoms with Gasteiger partial charge in [-0.2, -0.15) is 0 Å². The molecule has 0 aromatic rings. The molecule has 4 nitrogen and oxygen atoms in total. The monoisotopic (exact) mass is 230 g/mol. The number of ether oxygens (including phenoxy) is 1. The number of amides is 1. The van der Waals surface area contributed by atoms with Crippen LogP contribution in [0.5, 0.6) is 0 Å². The van der Waals surface area contributed by atoms with Crippen LogP contribution in [0.2, 0.25) is 0 Å². The third-order valence-corrected chi connectivity index (χ3v) is 2.34. The Labute approximate surface area is 99.1 Å². The van der Waals surface area contributed by atoms with Gasteiger partial charge < -0.3 is 15.4 Å². The van der Waals surface area contributed by atoms with Crippen molar-refractivity contribution < 1.29 is 9.53 Å². The average Bonchev–Trinajstić information content (AvgIpc) is 2.28. The Morgan fingerprint density at radius 1 is 1.25 bits per heavy atom. The second-order valence-electron chi connectivity index (χ2n) is 3.87. The fourth-order valence-corrected chi connectivity index (χ4v) is 1.27. The Bertz CT molecular complexity index is 174. The van der Waals surface area contributed by atoms with Gasteiger partial charge in [0.05, 0.1) is 6.04 Å². The molecule has 0 bridgehead atoms. The molecule has 0 saturated heterocycles. The SMILES string of the molecule is CCCCNC(=O)C(C)NCCCOCC. The smallest absolute Gasteiger partial charge is 0.236 e. The lowest BCUT2D eigenvalue weighted by Gasteiger charge is -2.13. The minimum Gasteiger partial charge on any atom is -0.382 e. The second kappa shape index (κ2) is 10.9. The van der Waals surface area contributed by atoms with Crippen molar-refractivity contribution in [2.45, 2.75) is 46.1 Å². The van der Waals surface area contributed by atoms with Crippen LogP contribution in [-0.2, 0) is 9.53 Å². The molecule has 2 N–H and O–H groups in total. The van der Waals surface area contributed by atoms with E-state index < -0.39 is 0 Å². The van der Waals surface area contributed by atoms with Gasteiger partial charge in [-0.1, -0.05) is 13.3 Å². The predicted octanol–water partition coefficient (Wildman–Crippen LogP) is 1.31. The van der Waals surface area contributed by atoms with Crippen molar-refractivity contribution in [1.29, 1.82) is 0 Å². The fourth-order valence-electron chi connectivity index (χ4n) is 1.27. The van der Waals surface area contributed by atoms with E-state index in [-0.39, 0.29) is 11.9 Å². The van der Waals surface area contributed by atoms with Crippen molar-refractivity contribution in [3.05, 3.63) is 0 Å². The largest absolute Gasteiger partial charge is 0.382 e. The van der Waals surface area contributed by atoms with Gasteiger partial charge in [0.2, 0.25) is 5.91 Å². The van der Waals surface area contributed by atoms with E-state index in [4.69, 9.17) is 4.74 Å². The normalized spacial score (nSPS) is 12.4. The first-order valence-corrected chi connectivity index (χ1v) is 6.31. The maximum atomic E-state index is 11.5. The molecule has 0 heterocycles. The van der Waals surface area contributed by atoms with Crippen molar-refractivity contribution in [3.63, 3.8) is 0 Å². The maximum Gasteiger partial charge on any atom is 0.236 e. The van der Waals surface area contributed by atoms with Crippen LogP contribution in [0.4, 0.5) is 0 Å². The van der Waals surface area contributed by atoms with Gasteiger partial charge in [-0.15, -0.1) is 0 Å². The number of hydrogen-bond acceptors (Lipinski definition) is 3. The lowest BCUT2D eigenvalue weighted by molar-refractivity contribution is -0.122. The maximum absolute atomic E-state index is 11.5. The zero-order valence-electron chi connectivity index (χ0n) is 10.8. The predicted molar refractivity (Wildman–Crippen MR) is 66.5 cm³/mol. The van der Waals surface area contributed by atoms with Crippen molar-refractivity contribution in [2.75, 3.05) is 26.3 Å². The molecule has 0 radical (unpaired) electrons. The molecule has 1 amide bonds. The van der Waals surface area contributed by atoms with Crippen molar-refractivity contribution in [3.8, 4) is 0 Å². The Morgan fingerprint density at radius 2 is 2.00 bits per heavy atom. The molecular weight excluding hydrogens is 204 g/mol. The molecule has 0 aliphatic carbocycles. The van der Waals surface area contributed by atoms with Gasteiger partial charge in [0.25, 0.3) is 0 Å². The van der Waals surface area contributed by atoms with Crippen molar-refractivity contribution in [2.24, 2.45) is 0 Å². The second-order valence-corrected chi connectivity index (χ2v) is 3.87. The minimum atomic E-state index is -0.113. The van der Waals surface area contributed by atoms with Crippen LogP contribution >= 0.6 is 0 Å². The summed E-state index contributed by atoms with van der Waals surface area (Å²) in [6, 6.07) is -0.113. The zero-order valence-corrected chi connectivity index (χ0v) is 10.8. The number of unbranched alkanes of at least 4 members (excludes halogenated alkanes) is 1. The Balaban J connectivity index is 3.40.